The van der Waals surface area contributed by atoms with E-state index in [9.17, 15) is 16.8 Å². The molecule has 0 aromatic heterocycles. The van der Waals surface area contributed by atoms with Crippen LogP contribution in [0.4, 0.5) is 11.4 Å². The van der Waals surface area contributed by atoms with Crippen molar-refractivity contribution >= 4 is 31.4 Å². The predicted molar refractivity (Wildman–Crippen MR) is 115 cm³/mol. The summed E-state index contributed by atoms with van der Waals surface area (Å²) in [5.41, 5.74) is 3.59. The molecule has 0 radical (unpaired) electrons. The summed E-state index contributed by atoms with van der Waals surface area (Å²) in [5.74, 6) is 0.298. The molecule has 0 unspecified atom stereocenters. The molecule has 0 spiro atoms. The Hall–Kier alpha value is -2.26. The van der Waals surface area contributed by atoms with Gasteiger partial charge in [-0.1, -0.05) is 0 Å². The number of anilines is 2. The molecule has 3 rings (SSSR count). The lowest BCUT2D eigenvalue weighted by atomic mass is 10.0. The monoisotopic (exact) mass is 438 g/mol. The van der Waals surface area contributed by atoms with E-state index in [2.05, 4.69) is 4.72 Å². The van der Waals surface area contributed by atoms with Gasteiger partial charge in [-0.25, -0.2) is 16.8 Å². The molecular weight excluding hydrogens is 412 g/mol. The Morgan fingerprint density at radius 1 is 1.07 bits per heavy atom. The lowest BCUT2D eigenvalue weighted by molar-refractivity contribution is 0.402. The number of aryl methyl sites for hydroxylation is 3. The number of fused-ring (bicyclic) bond motifs is 1. The van der Waals surface area contributed by atoms with Gasteiger partial charge >= 0.3 is 0 Å². The molecule has 0 saturated heterocycles. The van der Waals surface area contributed by atoms with Crippen LogP contribution < -0.4 is 13.8 Å². The molecule has 0 amide bonds. The summed E-state index contributed by atoms with van der Waals surface area (Å²) >= 11 is 0. The maximum Gasteiger partial charge on any atom is 0.265 e. The van der Waals surface area contributed by atoms with Crippen molar-refractivity contribution < 1.29 is 21.6 Å². The van der Waals surface area contributed by atoms with Crippen LogP contribution in [0.15, 0.2) is 35.2 Å². The summed E-state index contributed by atoms with van der Waals surface area (Å²) in [4.78, 5) is 0.0657. The first-order valence-electron chi connectivity index (χ1n) is 9.40. The number of hydrogen-bond acceptors (Lipinski definition) is 5. The van der Waals surface area contributed by atoms with Crippen LogP contribution in [0, 0.1) is 13.8 Å². The fourth-order valence-electron chi connectivity index (χ4n) is 3.41. The van der Waals surface area contributed by atoms with Crippen LogP contribution in [0.5, 0.6) is 5.75 Å². The quantitative estimate of drug-likeness (QED) is 0.748. The summed E-state index contributed by atoms with van der Waals surface area (Å²) in [5, 5.41) is 0. The molecule has 7 nitrogen and oxygen atoms in total. The van der Waals surface area contributed by atoms with Gasteiger partial charge in [-0.15, -0.1) is 0 Å². The van der Waals surface area contributed by atoms with Gasteiger partial charge in [0.15, 0.2) is 0 Å². The van der Waals surface area contributed by atoms with Crippen LogP contribution in [-0.4, -0.2) is 36.2 Å². The number of hydrogen-bond donors (Lipinski definition) is 1. The fourth-order valence-corrected chi connectivity index (χ4v) is 5.90. The third-order valence-electron chi connectivity index (χ3n) is 5.18. The number of nitrogens with one attached hydrogen (secondary N) is 1. The van der Waals surface area contributed by atoms with Gasteiger partial charge in [-0.3, -0.25) is 9.03 Å². The number of methoxy groups -OCH3 is 1. The normalized spacial score (nSPS) is 14.4. The summed E-state index contributed by atoms with van der Waals surface area (Å²) in [6.45, 7) is 5.79. The van der Waals surface area contributed by atoms with Gasteiger partial charge in [0.25, 0.3) is 10.0 Å². The third-order valence-corrected chi connectivity index (χ3v) is 8.36. The van der Waals surface area contributed by atoms with E-state index in [1.165, 1.54) is 11.4 Å². The second kappa shape index (κ2) is 7.87. The van der Waals surface area contributed by atoms with Crippen LogP contribution in [0.3, 0.4) is 0 Å². The number of sulfonamides is 2. The van der Waals surface area contributed by atoms with Gasteiger partial charge in [-0.2, -0.15) is 0 Å². The lowest BCUT2D eigenvalue weighted by Gasteiger charge is -2.30. The summed E-state index contributed by atoms with van der Waals surface area (Å²) in [6, 6.07) is 8.25. The SMILES string of the molecule is CCS(=O)(=O)N1CCCc2cc(NS(=O)(=O)c3cc(C)c(C)cc3OC)ccc21. The van der Waals surface area contributed by atoms with Crippen molar-refractivity contribution in [3.05, 3.63) is 47.0 Å². The minimum absolute atomic E-state index is 0.0212. The topological polar surface area (TPSA) is 92.8 Å². The second-order valence-corrected chi connectivity index (χ2v) is 10.9. The first-order valence-corrected chi connectivity index (χ1v) is 12.5. The minimum atomic E-state index is -3.88. The molecule has 0 atom stereocenters. The molecule has 0 saturated carbocycles. The van der Waals surface area contributed by atoms with E-state index in [0.29, 0.717) is 30.8 Å². The molecule has 2 aromatic carbocycles. The van der Waals surface area contributed by atoms with Crippen molar-refractivity contribution in [2.45, 2.75) is 38.5 Å². The maximum atomic E-state index is 13.0. The summed E-state index contributed by atoms with van der Waals surface area (Å²) < 4.78 is 59.9. The van der Waals surface area contributed by atoms with Gasteiger partial charge in [0.1, 0.15) is 10.6 Å². The van der Waals surface area contributed by atoms with E-state index in [1.54, 1.807) is 37.3 Å². The highest BCUT2D eigenvalue weighted by atomic mass is 32.2. The van der Waals surface area contributed by atoms with E-state index in [1.807, 2.05) is 13.8 Å². The van der Waals surface area contributed by atoms with E-state index in [4.69, 9.17) is 4.74 Å². The Kier molecular flexibility index (Phi) is 5.82. The number of rotatable bonds is 6. The highest BCUT2D eigenvalue weighted by Gasteiger charge is 2.27. The maximum absolute atomic E-state index is 13.0. The number of benzene rings is 2. The molecule has 158 valence electrons. The molecule has 2 aromatic rings. The van der Waals surface area contributed by atoms with Crippen LogP contribution in [0.25, 0.3) is 0 Å². The van der Waals surface area contributed by atoms with Crippen molar-refractivity contribution in [2.75, 3.05) is 28.4 Å². The van der Waals surface area contributed by atoms with E-state index >= 15 is 0 Å². The zero-order chi connectivity index (χ0) is 21.4. The summed E-state index contributed by atoms with van der Waals surface area (Å²) in [6.07, 6.45) is 1.38. The molecule has 1 aliphatic rings. The summed E-state index contributed by atoms with van der Waals surface area (Å²) in [7, 11) is -5.81. The molecule has 9 heteroatoms. The first kappa shape index (κ1) is 21.4. The molecule has 29 heavy (non-hydrogen) atoms. The van der Waals surface area contributed by atoms with Crippen molar-refractivity contribution in [1.29, 1.82) is 0 Å². The Labute approximate surface area is 172 Å². The number of nitrogens with zero attached hydrogens (tertiary/aromatic N) is 1. The van der Waals surface area contributed by atoms with Gasteiger partial charge in [0.2, 0.25) is 10.0 Å². The van der Waals surface area contributed by atoms with Crippen molar-refractivity contribution in [1.82, 2.24) is 0 Å². The van der Waals surface area contributed by atoms with E-state index in [-0.39, 0.29) is 16.4 Å². The standard InChI is InChI=1S/C20H26N2O5S2/c1-5-28(23,24)22-10-6-7-16-13-17(8-9-18(16)22)21-29(25,26)20-12-15(3)14(2)11-19(20)27-4/h8-9,11-13,21H,5-7,10H2,1-4H3. The molecule has 0 aliphatic carbocycles. The first-order chi connectivity index (χ1) is 13.6. The molecular formula is C20H26N2O5S2. The Morgan fingerprint density at radius 3 is 2.41 bits per heavy atom. The van der Waals surface area contributed by atoms with Gasteiger partial charge in [0.05, 0.1) is 18.6 Å². The highest BCUT2D eigenvalue weighted by Crippen LogP contribution is 2.33. The average Bonchev–Trinajstić information content (AvgIpc) is 2.68. The Bertz CT molecular complexity index is 1140. The average molecular weight is 439 g/mol. The Morgan fingerprint density at radius 2 is 1.76 bits per heavy atom. The van der Waals surface area contributed by atoms with E-state index in [0.717, 1.165) is 16.7 Å². The largest absolute Gasteiger partial charge is 0.495 e. The molecule has 1 aliphatic heterocycles. The second-order valence-electron chi connectivity index (χ2n) is 7.11. The molecule has 1 N–H and O–H groups in total. The predicted octanol–water partition coefficient (Wildman–Crippen LogP) is 3.22. The van der Waals surface area contributed by atoms with Gasteiger partial charge in [0, 0.05) is 12.2 Å². The van der Waals surface area contributed by atoms with Crippen LogP contribution in [0.2, 0.25) is 0 Å². The molecule has 0 bridgehead atoms. The van der Waals surface area contributed by atoms with Gasteiger partial charge in [-0.05, 0) is 80.6 Å². The number of ether oxygens (including phenoxy) is 1. The highest BCUT2D eigenvalue weighted by molar-refractivity contribution is 7.93. The van der Waals surface area contributed by atoms with Crippen molar-refractivity contribution in [3.63, 3.8) is 0 Å². The van der Waals surface area contributed by atoms with E-state index < -0.39 is 20.0 Å². The van der Waals surface area contributed by atoms with Gasteiger partial charge < -0.3 is 4.74 Å². The Balaban J connectivity index is 1.97. The smallest absolute Gasteiger partial charge is 0.265 e. The third kappa shape index (κ3) is 4.20. The van der Waals surface area contributed by atoms with Crippen molar-refractivity contribution in [2.24, 2.45) is 0 Å². The van der Waals surface area contributed by atoms with Crippen LogP contribution in [0.1, 0.15) is 30.0 Å². The zero-order valence-electron chi connectivity index (χ0n) is 17.0. The van der Waals surface area contributed by atoms with Crippen molar-refractivity contribution in [3.8, 4) is 5.75 Å². The fraction of sp³-hybridized carbons (Fsp3) is 0.400. The minimum Gasteiger partial charge on any atom is -0.495 e. The zero-order valence-corrected chi connectivity index (χ0v) is 18.7. The molecule has 1 heterocycles. The van der Waals surface area contributed by atoms with Crippen LogP contribution in [-0.2, 0) is 26.5 Å². The lowest BCUT2D eigenvalue weighted by Crippen LogP contribution is -2.36. The molecule has 0 fully saturated rings. The van der Waals surface area contributed by atoms with Crippen LogP contribution >= 0.6 is 0 Å².